The minimum absolute atomic E-state index is 0.00516. The van der Waals surface area contributed by atoms with Crippen LogP contribution in [-0.4, -0.2) is 21.2 Å². The molecule has 0 aliphatic rings. The molecule has 0 radical (unpaired) electrons. The van der Waals surface area contributed by atoms with Gasteiger partial charge in [0.05, 0.1) is 11.8 Å². The lowest BCUT2D eigenvalue weighted by molar-refractivity contribution is 0.318. The molecule has 0 saturated heterocycles. The Morgan fingerprint density at radius 2 is 2.22 bits per heavy atom. The molecule has 0 amide bonds. The standard InChI is InChI=1S/C11H9ClN4OS/c12-7-2-1-3-8(6-7)18-11-9(10(13)16-17)4-5-14-15-11/h1-6,17H,(H2,13,16). The molecular weight excluding hydrogens is 272 g/mol. The van der Waals surface area contributed by atoms with Crippen LogP contribution in [0.25, 0.3) is 0 Å². The first-order valence-corrected chi connectivity index (χ1v) is 6.13. The number of aromatic nitrogens is 2. The van der Waals surface area contributed by atoms with Crippen molar-refractivity contribution in [2.45, 2.75) is 9.92 Å². The van der Waals surface area contributed by atoms with Crippen LogP contribution in [0, 0.1) is 0 Å². The monoisotopic (exact) mass is 280 g/mol. The van der Waals surface area contributed by atoms with Gasteiger partial charge in [-0.3, -0.25) is 0 Å². The Bertz CT molecular complexity index is 591. The SMILES string of the molecule is NC(=NO)c1ccnnc1Sc1cccc(Cl)c1. The van der Waals surface area contributed by atoms with Gasteiger partial charge in [0.2, 0.25) is 0 Å². The Morgan fingerprint density at radius 1 is 1.39 bits per heavy atom. The molecule has 2 aromatic rings. The summed E-state index contributed by atoms with van der Waals surface area (Å²) in [5, 5.41) is 20.6. The maximum Gasteiger partial charge on any atom is 0.172 e. The van der Waals surface area contributed by atoms with Crippen LogP contribution in [0.15, 0.2) is 51.6 Å². The molecule has 0 aliphatic carbocycles. The number of oxime groups is 1. The summed E-state index contributed by atoms with van der Waals surface area (Å²) in [5.74, 6) is -0.00516. The van der Waals surface area contributed by atoms with Gasteiger partial charge < -0.3 is 10.9 Å². The van der Waals surface area contributed by atoms with Crippen molar-refractivity contribution in [2.75, 3.05) is 0 Å². The molecule has 0 fully saturated rings. The molecule has 3 N–H and O–H groups in total. The molecule has 92 valence electrons. The van der Waals surface area contributed by atoms with Crippen molar-refractivity contribution in [1.82, 2.24) is 10.2 Å². The summed E-state index contributed by atoms with van der Waals surface area (Å²) in [5.41, 5.74) is 6.10. The molecule has 18 heavy (non-hydrogen) atoms. The van der Waals surface area contributed by atoms with E-state index in [9.17, 15) is 0 Å². The quantitative estimate of drug-likeness (QED) is 0.390. The lowest BCUT2D eigenvalue weighted by Crippen LogP contribution is -2.15. The topological polar surface area (TPSA) is 84.4 Å². The highest BCUT2D eigenvalue weighted by atomic mass is 35.5. The summed E-state index contributed by atoms with van der Waals surface area (Å²) in [6.45, 7) is 0. The van der Waals surface area contributed by atoms with Gasteiger partial charge in [-0.2, -0.15) is 5.10 Å². The smallest absolute Gasteiger partial charge is 0.172 e. The number of hydrogen-bond acceptors (Lipinski definition) is 5. The second-order valence-corrected chi connectivity index (χ2v) is 4.79. The van der Waals surface area contributed by atoms with Gasteiger partial charge in [0.15, 0.2) is 5.84 Å². The van der Waals surface area contributed by atoms with E-state index in [1.807, 2.05) is 12.1 Å². The van der Waals surface area contributed by atoms with Crippen molar-refractivity contribution >= 4 is 29.2 Å². The van der Waals surface area contributed by atoms with Crippen LogP contribution in [0.1, 0.15) is 5.56 Å². The zero-order valence-corrected chi connectivity index (χ0v) is 10.7. The number of hydrogen-bond donors (Lipinski definition) is 2. The Hall–Kier alpha value is -1.79. The second kappa shape index (κ2) is 5.70. The lowest BCUT2D eigenvalue weighted by Gasteiger charge is -2.05. The molecule has 1 heterocycles. The summed E-state index contributed by atoms with van der Waals surface area (Å²) < 4.78 is 0. The van der Waals surface area contributed by atoms with E-state index >= 15 is 0 Å². The first-order valence-electron chi connectivity index (χ1n) is 4.93. The van der Waals surface area contributed by atoms with Gasteiger partial charge in [-0.05, 0) is 24.3 Å². The first-order chi connectivity index (χ1) is 8.70. The van der Waals surface area contributed by atoms with Crippen LogP contribution in [0.4, 0.5) is 0 Å². The summed E-state index contributed by atoms with van der Waals surface area (Å²) in [6, 6.07) is 8.95. The number of halogens is 1. The highest BCUT2D eigenvalue weighted by Gasteiger charge is 2.10. The Labute approximate surface area is 113 Å². The normalized spacial score (nSPS) is 11.5. The molecule has 5 nitrogen and oxygen atoms in total. The van der Waals surface area contributed by atoms with Crippen LogP contribution in [0.3, 0.4) is 0 Å². The van der Waals surface area contributed by atoms with Crippen molar-refractivity contribution < 1.29 is 5.21 Å². The van der Waals surface area contributed by atoms with Crippen LogP contribution >= 0.6 is 23.4 Å². The van der Waals surface area contributed by atoms with E-state index in [1.165, 1.54) is 18.0 Å². The fourth-order valence-electron chi connectivity index (χ4n) is 1.29. The van der Waals surface area contributed by atoms with Crippen LogP contribution < -0.4 is 5.73 Å². The van der Waals surface area contributed by atoms with Crippen molar-refractivity contribution in [1.29, 1.82) is 0 Å². The van der Waals surface area contributed by atoms with Crippen molar-refractivity contribution in [3.05, 3.63) is 47.1 Å². The third-order valence-corrected chi connectivity index (χ3v) is 3.30. The summed E-state index contributed by atoms with van der Waals surface area (Å²) in [7, 11) is 0. The van der Waals surface area contributed by atoms with Crippen LogP contribution in [0.2, 0.25) is 5.02 Å². The van der Waals surface area contributed by atoms with Gasteiger partial charge in [0, 0.05) is 9.92 Å². The average molecular weight is 281 g/mol. The molecule has 0 unspecified atom stereocenters. The predicted molar refractivity (Wildman–Crippen MR) is 70.1 cm³/mol. The molecule has 7 heteroatoms. The number of amidine groups is 1. The van der Waals surface area contributed by atoms with E-state index in [1.54, 1.807) is 18.2 Å². The Balaban J connectivity index is 2.35. The molecule has 0 saturated carbocycles. The van der Waals surface area contributed by atoms with Gasteiger partial charge in [0.1, 0.15) is 5.03 Å². The number of rotatable bonds is 3. The van der Waals surface area contributed by atoms with E-state index in [0.29, 0.717) is 15.6 Å². The molecule has 0 bridgehead atoms. The average Bonchev–Trinajstić information content (AvgIpc) is 2.38. The van der Waals surface area contributed by atoms with E-state index in [4.69, 9.17) is 22.5 Å². The minimum Gasteiger partial charge on any atom is -0.409 e. The highest BCUT2D eigenvalue weighted by Crippen LogP contribution is 2.29. The van der Waals surface area contributed by atoms with Crippen molar-refractivity contribution in [3.8, 4) is 0 Å². The number of benzene rings is 1. The predicted octanol–water partition coefficient (Wildman–Crippen LogP) is 2.38. The summed E-state index contributed by atoms with van der Waals surface area (Å²) in [6.07, 6.45) is 1.48. The summed E-state index contributed by atoms with van der Waals surface area (Å²) in [4.78, 5) is 0.898. The Morgan fingerprint density at radius 3 is 2.94 bits per heavy atom. The second-order valence-electron chi connectivity index (χ2n) is 3.29. The molecule has 2 rings (SSSR count). The largest absolute Gasteiger partial charge is 0.409 e. The maximum atomic E-state index is 8.71. The number of nitrogens with two attached hydrogens (primary N) is 1. The third kappa shape index (κ3) is 2.91. The zero-order chi connectivity index (χ0) is 13.0. The molecule has 1 aromatic heterocycles. The lowest BCUT2D eigenvalue weighted by atomic mass is 10.3. The molecule has 0 spiro atoms. The van der Waals surface area contributed by atoms with E-state index < -0.39 is 0 Å². The van der Waals surface area contributed by atoms with Crippen molar-refractivity contribution in [2.24, 2.45) is 10.9 Å². The zero-order valence-electron chi connectivity index (χ0n) is 9.12. The number of nitrogens with zero attached hydrogens (tertiary/aromatic N) is 3. The molecule has 1 aromatic carbocycles. The first kappa shape index (κ1) is 12.7. The van der Waals surface area contributed by atoms with E-state index in [2.05, 4.69) is 15.4 Å². The third-order valence-electron chi connectivity index (χ3n) is 2.08. The van der Waals surface area contributed by atoms with Crippen LogP contribution in [0.5, 0.6) is 0 Å². The Kier molecular flexibility index (Phi) is 4.01. The van der Waals surface area contributed by atoms with E-state index in [0.717, 1.165) is 4.90 Å². The fraction of sp³-hybridized carbons (Fsp3) is 0. The summed E-state index contributed by atoms with van der Waals surface area (Å²) >= 11 is 7.24. The minimum atomic E-state index is -0.00516. The van der Waals surface area contributed by atoms with Gasteiger partial charge in [-0.1, -0.05) is 34.6 Å². The molecule has 0 atom stereocenters. The van der Waals surface area contributed by atoms with Crippen LogP contribution in [-0.2, 0) is 0 Å². The maximum absolute atomic E-state index is 8.71. The van der Waals surface area contributed by atoms with Gasteiger partial charge in [-0.25, -0.2) is 0 Å². The molecular formula is C11H9ClN4OS. The van der Waals surface area contributed by atoms with Crippen molar-refractivity contribution in [3.63, 3.8) is 0 Å². The van der Waals surface area contributed by atoms with Gasteiger partial charge in [-0.15, -0.1) is 5.10 Å². The van der Waals surface area contributed by atoms with Gasteiger partial charge in [0.25, 0.3) is 0 Å². The fourth-order valence-corrected chi connectivity index (χ4v) is 2.47. The highest BCUT2D eigenvalue weighted by molar-refractivity contribution is 7.99. The van der Waals surface area contributed by atoms with Gasteiger partial charge >= 0.3 is 0 Å². The molecule has 0 aliphatic heterocycles. The van der Waals surface area contributed by atoms with E-state index in [-0.39, 0.29) is 5.84 Å².